The molecule has 1 aromatic heterocycles. The van der Waals surface area contributed by atoms with E-state index in [4.69, 9.17) is 11.6 Å². The molecule has 0 spiro atoms. The van der Waals surface area contributed by atoms with E-state index in [0.29, 0.717) is 22.5 Å². The number of nitrogens with zero attached hydrogens (tertiary/aromatic N) is 3. The normalized spacial score (nSPS) is 20.1. The van der Waals surface area contributed by atoms with Crippen molar-refractivity contribution >= 4 is 35.1 Å². The molecule has 2 heterocycles. The average Bonchev–Trinajstić information content (AvgIpc) is 2.97. The molecule has 0 fully saturated rings. The van der Waals surface area contributed by atoms with Crippen LogP contribution in [0.15, 0.2) is 40.7 Å². The number of thioether (sulfide) groups is 1. The maximum atomic E-state index is 12.6. The number of nitrogens with one attached hydrogen (secondary N) is 1. The molecule has 1 aromatic carbocycles. The van der Waals surface area contributed by atoms with E-state index >= 15 is 0 Å². The second kappa shape index (κ2) is 5.69. The first-order valence-electron chi connectivity index (χ1n) is 7.47. The monoisotopic (exact) mass is 346 g/mol. The summed E-state index contributed by atoms with van der Waals surface area (Å²) in [6.07, 6.45) is 4.22. The minimum atomic E-state index is -0.309. The van der Waals surface area contributed by atoms with Gasteiger partial charge in [0.05, 0.1) is 0 Å². The van der Waals surface area contributed by atoms with Crippen molar-refractivity contribution in [1.29, 1.82) is 0 Å². The minimum absolute atomic E-state index is 0.163. The van der Waals surface area contributed by atoms with Gasteiger partial charge in [0.15, 0.2) is 5.78 Å². The summed E-state index contributed by atoms with van der Waals surface area (Å²) in [7, 11) is 0. The van der Waals surface area contributed by atoms with Gasteiger partial charge in [0.1, 0.15) is 6.04 Å². The van der Waals surface area contributed by atoms with Gasteiger partial charge in [-0.25, -0.2) is 4.68 Å². The van der Waals surface area contributed by atoms with E-state index in [-0.39, 0.29) is 11.8 Å². The molecule has 1 aliphatic carbocycles. The molecule has 23 heavy (non-hydrogen) atoms. The van der Waals surface area contributed by atoms with Gasteiger partial charge in [-0.1, -0.05) is 41.6 Å². The number of anilines is 1. The van der Waals surface area contributed by atoms with Crippen LogP contribution in [0, 0.1) is 0 Å². The van der Waals surface area contributed by atoms with Crippen molar-refractivity contribution in [3.8, 4) is 0 Å². The Bertz CT molecular complexity index is 829. The molecule has 1 atom stereocenters. The van der Waals surface area contributed by atoms with Crippen LogP contribution in [0.4, 0.5) is 5.95 Å². The SMILES string of the molecule is CSc1nc2n(n1)[C@@H](c1ccccc1Cl)C1=C(CCCC1=O)N2. The Labute approximate surface area is 143 Å². The van der Waals surface area contributed by atoms with E-state index in [1.807, 2.05) is 30.5 Å². The summed E-state index contributed by atoms with van der Waals surface area (Å²) in [4.78, 5) is 17.1. The number of hydrogen-bond acceptors (Lipinski definition) is 5. The number of benzene rings is 1. The lowest BCUT2D eigenvalue weighted by Crippen LogP contribution is -2.31. The quantitative estimate of drug-likeness (QED) is 0.840. The van der Waals surface area contributed by atoms with Gasteiger partial charge in [-0.2, -0.15) is 4.98 Å². The Morgan fingerprint density at radius 1 is 1.35 bits per heavy atom. The Morgan fingerprint density at radius 3 is 2.96 bits per heavy atom. The molecule has 0 saturated heterocycles. The molecule has 118 valence electrons. The van der Waals surface area contributed by atoms with E-state index in [9.17, 15) is 4.79 Å². The molecule has 0 bridgehead atoms. The minimum Gasteiger partial charge on any atom is -0.328 e. The number of aromatic nitrogens is 3. The van der Waals surface area contributed by atoms with Crippen LogP contribution >= 0.6 is 23.4 Å². The summed E-state index contributed by atoms with van der Waals surface area (Å²) in [6, 6.07) is 7.31. The summed E-state index contributed by atoms with van der Waals surface area (Å²) in [5.41, 5.74) is 2.62. The Balaban J connectivity index is 1.95. The van der Waals surface area contributed by atoms with Crippen molar-refractivity contribution in [2.45, 2.75) is 30.5 Å². The third-order valence-electron chi connectivity index (χ3n) is 4.23. The van der Waals surface area contributed by atoms with Gasteiger partial charge in [0.2, 0.25) is 11.1 Å². The Morgan fingerprint density at radius 2 is 2.17 bits per heavy atom. The molecule has 0 amide bonds. The number of allylic oxidation sites excluding steroid dienone is 2. The van der Waals surface area contributed by atoms with Crippen molar-refractivity contribution < 1.29 is 4.79 Å². The van der Waals surface area contributed by atoms with Crippen LogP contribution in [0.3, 0.4) is 0 Å². The molecule has 0 radical (unpaired) electrons. The van der Waals surface area contributed by atoms with Crippen molar-refractivity contribution in [3.63, 3.8) is 0 Å². The lowest BCUT2D eigenvalue weighted by atomic mass is 9.85. The molecule has 0 unspecified atom stereocenters. The topological polar surface area (TPSA) is 59.8 Å². The first-order chi connectivity index (χ1) is 11.2. The van der Waals surface area contributed by atoms with Gasteiger partial charge in [-0.05, 0) is 25.2 Å². The number of fused-ring (bicyclic) bond motifs is 1. The highest BCUT2D eigenvalue weighted by Crippen LogP contribution is 2.42. The zero-order valence-electron chi connectivity index (χ0n) is 12.5. The number of ketones is 1. The maximum Gasteiger partial charge on any atom is 0.227 e. The van der Waals surface area contributed by atoms with E-state index in [1.54, 1.807) is 4.68 Å². The number of carbonyl (C=O) groups excluding carboxylic acids is 1. The summed E-state index contributed by atoms with van der Waals surface area (Å²) < 4.78 is 1.79. The van der Waals surface area contributed by atoms with E-state index < -0.39 is 0 Å². The van der Waals surface area contributed by atoms with Crippen LogP contribution < -0.4 is 5.32 Å². The number of carbonyl (C=O) groups is 1. The molecule has 7 heteroatoms. The Kier molecular flexibility index (Phi) is 3.66. The standard InChI is InChI=1S/C16H15ClN4OS/c1-23-16-19-15-18-11-7-4-8-12(22)13(11)14(21(15)20-16)9-5-2-3-6-10(9)17/h2-3,5-6,14H,4,7-8H2,1H3,(H,18,19,20)/t14-/m0/s1. The summed E-state index contributed by atoms with van der Waals surface area (Å²) in [6.45, 7) is 0. The van der Waals surface area contributed by atoms with E-state index in [1.165, 1.54) is 11.8 Å². The second-order valence-corrected chi connectivity index (χ2v) is 6.77. The van der Waals surface area contributed by atoms with Crippen molar-refractivity contribution in [2.75, 3.05) is 11.6 Å². The highest BCUT2D eigenvalue weighted by Gasteiger charge is 2.37. The van der Waals surface area contributed by atoms with Crippen LogP contribution in [-0.4, -0.2) is 26.8 Å². The first-order valence-corrected chi connectivity index (χ1v) is 9.07. The van der Waals surface area contributed by atoms with Crippen LogP contribution in [0.1, 0.15) is 30.9 Å². The van der Waals surface area contributed by atoms with Crippen LogP contribution in [0.5, 0.6) is 0 Å². The third kappa shape index (κ3) is 2.37. The smallest absolute Gasteiger partial charge is 0.227 e. The van der Waals surface area contributed by atoms with Crippen molar-refractivity contribution in [3.05, 3.63) is 46.1 Å². The zero-order valence-corrected chi connectivity index (χ0v) is 14.1. The lowest BCUT2D eigenvalue weighted by Gasteiger charge is -2.32. The number of rotatable bonds is 2. The van der Waals surface area contributed by atoms with Crippen LogP contribution in [0.2, 0.25) is 5.02 Å². The highest BCUT2D eigenvalue weighted by molar-refractivity contribution is 7.98. The molecule has 2 aromatic rings. The molecule has 4 rings (SSSR count). The van der Waals surface area contributed by atoms with Crippen molar-refractivity contribution in [1.82, 2.24) is 14.8 Å². The fraction of sp³-hybridized carbons (Fsp3) is 0.312. The van der Waals surface area contributed by atoms with Gasteiger partial charge < -0.3 is 5.32 Å². The maximum absolute atomic E-state index is 12.6. The lowest BCUT2D eigenvalue weighted by molar-refractivity contribution is -0.116. The summed E-state index contributed by atoms with van der Waals surface area (Å²) in [5, 5.41) is 9.16. The van der Waals surface area contributed by atoms with Gasteiger partial charge in [-0.3, -0.25) is 4.79 Å². The molecular formula is C16H15ClN4OS. The van der Waals surface area contributed by atoms with E-state index in [0.717, 1.165) is 29.7 Å². The highest BCUT2D eigenvalue weighted by atomic mass is 35.5. The molecule has 5 nitrogen and oxygen atoms in total. The average molecular weight is 347 g/mol. The summed E-state index contributed by atoms with van der Waals surface area (Å²) >= 11 is 7.90. The second-order valence-electron chi connectivity index (χ2n) is 5.58. The van der Waals surface area contributed by atoms with Gasteiger partial charge >= 0.3 is 0 Å². The van der Waals surface area contributed by atoms with Gasteiger partial charge in [-0.15, -0.1) is 5.10 Å². The predicted octanol–water partition coefficient (Wildman–Crippen LogP) is 3.68. The van der Waals surface area contributed by atoms with Gasteiger partial charge in [0.25, 0.3) is 0 Å². The van der Waals surface area contributed by atoms with E-state index in [2.05, 4.69) is 15.4 Å². The van der Waals surface area contributed by atoms with Crippen molar-refractivity contribution in [2.24, 2.45) is 0 Å². The fourth-order valence-corrected chi connectivity index (χ4v) is 3.79. The first kappa shape index (κ1) is 14.8. The molecular weight excluding hydrogens is 332 g/mol. The third-order valence-corrected chi connectivity index (χ3v) is 5.11. The predicted molar refractivity (Wildman–Crippen MR) is 90.9 cm³/mol. The largest absolute Gasteiger partial charge is 0.328 e. The van der Waals surface area contributed by atoms with Gasteiger partial charge in [0, 0.05) is 28.3 Å². The fourth-order valence-electron chi connectivity index (χ4n) is 3.21. The Hall–Kier alpha value is -1.79. The molecule has 2 aliphatic rings. The number of hydrogen-bond donors (Lipinski definition) is 1. The number of halogens is 1. The molecule has 0 saturated carbocycles. The summed E-state index contributed by atoms with van der Waals surface area (Å²) in [5.74, 6) is 0.836. The molecule has 1 N–H and O–H groups in total. The van der Waals surface area contributed by atoms with Crippen LogP contribution in [-0.2, 0) is 4.79 Å². The number of Topliss-reactive ketones (excluding diaryl/α,β-unsaturated/α-hetero) is 1. The molecule has 1 aliphatic heterocycles. The zero-order chi connectivity index (χ0) is 16.0. The van der Waals surface area contributed by atoms with Crippen LogP contribution in [0.25, 0.3) is 0 Å².